The maximum Gasteiger partial charge on any atom is 0 e. The predicted molar refractivity (Wildman–Crippen MR) is 187 cm³/mol. The summed E-state index contributed by atoms with van der Waals surface area (Å²) in [6.45, 7) is 18.0. The zero-order chi connectivity index (χ0) is 30.9. The van der Waals surface area contributed by atoms with E-state index in [1.807, 2.05) is 27.3 Å². The summed E-state index contributed by atoms with van der Waals surface area (Å²) in [5.74, 6) is 2.03. The molecular formula is C25H61Ge2N5O2Sb2Te4. The molecule has 0 bridgehead atoms. The summed E-state index contributed by atoms with van der Waals surface area (Å²) in [5.41, 5.74) is -0.157. The van der Waals surface area contributed by atoms with Crippen LogP contribution in [0.3, 0.4) is 0 Å². The van der Waals surface area contributed by atoms with Crippen molar-refractivity contribution in [3.05, 3.63) is 0 Å². The Morgan fingerprint density at radius 1 is 0.700 bits per heavy atom. The van der Waals surface area contributed by atoms with Crippen molar-refractivity contribution in [2.45, 2.75) is 71.6 Å². The summed E-state index contributed by atoms with van der Waals surface area (Å²) in [6, 6.07) is 0. The second-order valence-electron chi connectivity index (χ2n) is 11.3. The van der Waals surface area contributed by atoms with E-state index >= 15 is 0 Å². The summed E-state index contributed by atoms with van der Waals surface area (Å²) in [6.07, 6.45) is 0. The SMILES string of the molecule is CC(C(C)C(C)(C)[O][Ge])C(C)C(C)([O][Sb])C(C)C.C[N](C)[Ge]([N](C)C)[N](C)C.C[N](C)[Sb][N](C)C.C[Te].[Te].[Te].[Te]. The van der Waals surface area contributed by atoms with Crippen molar-refractivity contribution < 1.29 is 6.78 Å². The van der Waals surface area contributed by atoms with Crippen molar-refractivity contribution >= 4 is 171 Å². The van der Waals surface area contributed by atoms with Gasteiger partial charge in [-0.1, -0.05) is 0 Å². The number of hydrogen-bond acceptors (Lipinski definition) is 7. The molecule has 7 nitrogen and oxygen atoms in total. The number of nitrogens with zero attached hydrogens (tertiary/aromatic N) is 5. The largest absolute Gasteiger partial charge is 0 e. The molecular weight excluding hydrogens is 1300 g/mol. The normalized spacial score (nSPS) is 14.9. The van der Waals surface area contributed by atoms with E-state index in [1.54, 1.807) is 16.9 Å². The molecule has 0 spiro atoms. The molecule has 0 aromatic heterocycles. The third-order valence-electron chi connectivity index (χ3n) is 6.74. The quantitative estimate of drug-likeness (QED) is 0.276. The van der Waals surface area contributed by atoms with Crippen LogP contribution in [-0.2, 0) is 6.78 Å². The Bertz CT molecular complexity index is 524. The van der Waals surface area contributed by atoms with Crippen LogP contribution in [0.4, 0.5) is 0 Å². The molecule has 40 heavy (non-hydrogen) atoms. The Balaban J connectivity index is -0.0000000845. The summed E-state index contributed by atoms with van der Waals surface area (Å²) in [7, 11) is 21.4. The van der Waals surface area contributed by atoms with Gasteiger partial charge in [-0.15, -0.1) is 0 Å². The van der Waals surface area contributed by atoms with E-state index in [4.69, 9.17) is 6.78 Å². The van der Waals surface area contributed by atoms with E-state index in [-0.39, 0.29) is 104 Å². The average molecular weight is 1360 g/mol. The van der Waals surface area contributed by atoms with Crippen molar-refractivity contribution in [1.29, 1.82) is 0 Å². The van der Waals surface area contributed by atoms with Gasteiger partial charge in [0.2, 0.25) is 0 Å². The molecule has 0 aliphatic heterocycles. The van der Waals surface area contributed by atoms with Crippen molar-refractivity contribution in [2.75, 3.05) is 70.5 Å². The first-order valence-electron chi connectivity index (χ1n) is 12.7. The van der Waals surface area contributed by atoms with Crippen LogP contribution < -0.4 is 0 Å². The van der Waals surface area contributed by atoms with Gasteiger partial charge in [-0.3, -0.25) is 0 Å². The van der Waals surface area contributed by atoms with Crippen molar-refractivity contribution in [3.63, 3.8) is 0 Å². The molecule has 4 unspecified atom stereocenters. The Labute approximate surface area is 355 Å². The van der Waals surface area contributed by atoms with Gasteiger partial charge in [0.25, 0.3) is 0 Å². The summed E-state index contributed by atoms with van der Waals surface area (Å²) < 4.78 is 23.1. The van der Waals surface area contributed by atoms with Crippen LogP contribution in [0.5, 0.6) is 0 Å². The van der Waals surface area contributed by atoms with Crippen molar-refractivity contribution in [3.8, 4) is 0 Å². The topological polar surface area (TPSA) is 34.7 Å². The monoisotopic (exact) mass is 1370 g/mol. The fraction of sp³-hybridized carbons (Fsp3) is 1.00. The Morgan fingerprint density at radius 3 is 1.12 bits per heavy atom. The smallest absolute Gasteiger partial charge is 0 e. The van der Waals surface area contributed by atoms with Crippen LogP contribution in [0.1, 0.15) is 55.4 Å². The van der Waals surface area contributed by atoms with Gasteiger partial charge in [-0.25, -0.2) is 0 Å². The zero-order valence-electron chi connectivity index (χ0n) is 28.9. The minimum Gasteiger partial charge on any atom is 0 e. The van der Waals surface area contributed by atoms with E-state index < -0.39 is 15.0 Å². The number of hydrogen-bond donors (Lipinski definition) is 0. The van der Waals surface area contributed by atoms with Gasteiger partial charge in [-0.2, -0.15) is 0 Å². The van der Waals surface area contributed by atoms with Gasteiger partial charge in [0.15, 0.2) is 0 Å². The first-order valence-corrected chi connectivity index (χ1v) is 22.0. The van der Waals surface area contributed by atoms with Gasteiger partial charge in [-0.05, 0) is 0 Å². The van der Waals surface area contributed by atoms with Gasteiger partial charge >= 0.3 is 290 Å². The third kappa shape index (κ3) is 27.5. The van der Waals surface area contributed by atoms with Crippen LogP contribution in [0.15, 0.2) is 0 Å². The second-order valence-corrected chi connectivity index (χ2v) is 24.3. The second kappa shape index (κ2) is 33.1. The molecule has 0 aliphatic carbocycles. The fourth-order valence-corrected chi connectivity index (χ4v) is 12.5. The first-order chi connectivity index (χ1) is 16.6. The van der Waals surface area contributed by atoms with Crippen molar-refractivity contribution in [1.82, 2.24) is 17.7 Å². The predicted octanol–water partition coefficient (Wildman–Crippen LogP) is 1.65. The van der Waals surface area contributed by atoms with Crippen LogP contribution in [0.25, 0.3) is 0 Å². The first kappa shape index (κ1) is 60.9. The Kier molecular flexibility index (Phi) is 50.4. The van der Waals surface area contributed by atoms with Crippen molar-refractivity contribution in [2.24, 2.45) is 23.7 Å². The average Bonchev–Trinajstić information content (AvgIpc) is 2.77. The summed E-state index contributed by atoms with van der Waals surface area (Å²) in [4.78, 5) is 2.01. The minimum absolute atomic E-state index is 0. The summed E-state index contributed by atoms with van der Waals surface area (Å²) >= 11 is 3.84. The molecule has 14 radical (unpaired) electrons. The number of rotatable bonds is 12. The van der Waals surface area contributed by atoms with Crippen LogP contribution in [-0.4, -0.2) is 270 Å². The molecule has 0 aliphatic rings. The molecule has 0 rings (SSSR count). The van der Waals surface area contributed by atoms with Crippen LogP contribution >= 0.6 is 0 Å². The van der Waals surface area contributed by atoms with Crippen LogP contribution in [0, 0.1) is 23.7 Å². The third-order valence-corrected chi connectivity index (χ3v) is 16.0. The molecule has 240 valence electrons. The molecule has 4 atom stereocenters. The fourth-order valence-electron chi connectivity index (χ4n) is 3.95. The van der Waals surface area contributed by atoms with E-state index in [2.05, 4.69) is 144 Å². The Morgan fingerprint density at radius 2 is 1.00 bits per heavy atom. The van der Waals surface area contributed by atoms with Gasteiger partial charge in [0.05, 0.1) is 0 Å². The van der Waals surface area contributed by atoms with E-state index in [0.717, 1.165) is 0 Å². The maximum absolute atomic E-state index is 5.89. The molecule has 0 saturated heterocycles. The molecule has 0 saturated carbocycles. The van der Waals surface area contributed by atoms with E-state index in [9.17, 15) is 0 Å². The van der Waals surface area contributed by atoms with E-state index in [1.165, 1.54) is 23.4 Å². The Hall–Kier alpha value is 5.60. The summed E-state index contributed by atoms with van der Waals surface area (Å²) in [5, 5.41) is 0. The van der Waals surface area contributed by atoms with Gasteiger partial charge < -0.3 is 0 Å². The minimum atomic E-state index is -1.22. The molecule has 0 heterocycles. The van der Waals surface area contributed by atoms with Gasteiger partial charge in [0, 0.05) is 71.0 Å². The molecule has 0 fully saturated rings. The zero-order valence-corrected chi connectivity index (χ0v) is 47.5. The van der Waals surface area contributed by atoms with E-state index in [0.29, 0.717) is 23.7 Å². The molecule has 0 aromatic rings. The maximum atomic E-state index is 5.89. The van der Waals surface area contributed by atoms with Gasteiger partial charge in [0.1, 0.15) is 0 Å². The molecule has 0 amide bonds. The standard InChI is InChI=1S/C14H28GeO2.C6H18GeN3.2C2H6N.CH3Te.2Sb.3Te/c1-9(2)14(8,16)12(5)10(3)11(4)13(6,7)17-15;1-8(2)7(9(3)4)10(5)6;2*1-3-2;1-2;;;;;/h9-12H,1-8H3;1-6H3;2*1-2H3;1H3;;;;;/q-1;;2*-1;;+1;+2;;;. The van der Waals surface area contributed by atoms with Crippen LogP contribution in [0.2, 0.25) is 4.97 Å². The molecule has 0 N–H and O–H groups in total. The molecule has 0 aromatic carbocycles. The molecule has 15 heteroatoms.